The lowest BCUT2D eigenvalue weighted by atomic mass is 9.96. The maximum atomic E-state index is 13.5. The number of aromatic amines is 1. The molecule has 4 aromatic rings. The molecule has 1 saturated heterocycles. The van der Waals surface area contributed by atoms with Crippen LogP contribution in [-0.4, -0.2) is 61.2 Å². The van der Waals surface area contributed by atoms with Gasteiger partial charge in [-0.05, 0) is 50.1 Å². The molecule has 3 amide bonds. The van der Waals surface area contributed by atoms with Gasteiger partial charge in [0.05, 0.1) is 29.5 Å². The molecule has 1 fully saturated rings. The molecule has 0 unspecified atom stereocenters. The van der Waals surface area contributed by atoms with Crippen molar-refractivity contribution >= 4 is 46.2 Å². The minimum Gasteiger partial charge on any atom is -0.467 e. The Bertz CT molecular complexity index is 1590. The van der Waals surface area contributed by atoms with Gasteiger partial charge in [-0.15, -0.1) is 0 Å². The molecule has 3 aromatic heterocycles. The zero-order valence-electron chi connectivity index (χ0n) is 21.2. The number of aromatic nitrogens is 4. The lowest BCUT2D eigenvalue weighted by molar-refractivity contribution is -0.123. The average molecular weight is 550 g/mol. The molecule has 1 aromatic carbocycles. The van der Waals surface area contributed by atoms with Crippen LogP contribution in [0.2, 0.25) is 0 Å². The Balaban J connectivity index is 1.41. The Hall–Kier alpha value is -4.39. The highest BCUT2D eigenvalue weighted by Crippen LogP contribution is 2.23. The molecule has 1 aliphatic rings. The molecule has 202 valence electrons. The van der Waals surface area contributed by atoms with E-state index < -0.39 is 0 Å². The van der Waals surface area contributed by atoms with Crippen molar-refractivity contribution in [3.63, 3.8) is 0 Å². The number of amides is 3. The van der Waals surface area contributed by atoms with E-state index >= 15 is 0 Å². The highest BCUT2D eigenvalue weighted by molar-refractivity contribution is 7.99. The first kappa shape index (κ1) is 26.2. The number of rotatable bonds is 8. The van der Waals surface area contributed by atoms with E-state index in [0.717, 1.165) is 17.5 Å². The lowest BCUT2D eigenvalue weighted by Gasteiger charge is -2.30. The summed E-state index contributed by atoms with van der Waals surface area (Å²) in [5.41, 5.74) is 6.64. The van der Waals surface area contributed by atoms with Crippen LogP contribution in [0.4, 0.5) is 5.82 Å². The number of H-pyrrole nitrogens is 1. The number of furan rings is 1. The number of carbonyl (C=O) groups is 3. The van der Waals surface area contributed by atoms with Gasteiger partial charge in [0, 0.05) is 36.3 Å². The Morgan fingerprint density at radius 1 is 1.21 bits per heavy atom. The van der Waals surface area contributed by atoms with Crippen molar-refractivity contribution in [3.8, 4) is 0 Å². The van der Waals surface area contributed by atoms with Gasteiger partial charge in [-0.25, -0.2) is 4.98 Å². The quantitative estimate of drug-likeness (QED) is 0.222. The first-order valence-corrected chi connectivity index (χ1v) is 13.4. The van der Waals surface area contributed by atoms with Crippen LogP contribution in [0.25, 0.3) is 10.9 Å². The van der Waals surface area contributed by atoms with Gasteiger partial charge >= 0.3 is 0 Å². The third-order valence-corrected chi connectivity index (χ3v) is 7.53. The molecule has 39 heavy (non-hydrogen) atoms. The van der Waals surface area contributed by atoms with E-state index in [-0.39, 0.29) is 41.5 Å². The average Bonchev–Trinajstić information content (AvgIpc) is 3.60. The Morgan fingerprint density at radius 3 is 2.67 bits per heavy atom. The highest BCUT2D eigenvalue weighted by Gasteiger charge is 2.27. The molecular weight excluding hydrogens is 522 g/mol. The lowest BCUT2D eigenvalue weighted by Crippen LogP contribution is -2.41. The van der Waals surface area contributed by atoms with Gasteiger partial charge in [-0.3, -0.25) is 28.8 Å². The number of benzene rings is 1. The minimum atomic E-state index is -0.346. The van der Waals surface area contributed by atoms with Crippen LogP contribution in [0.3, 0.4) is 0 Å². The predicted molar refractivity (Wildman–Crippen MR) is 144 cm³/mol. The monoisotopic (exact) mass is 549 g/mol. The topological polar surface area (TPSA) is 169 Å². The van der Waals surface area contributed by atoms with E-state index in [1.165, 1.54) is 10.8 Å². The number of piperidine rings is 1. The summed E-state index contributed by atoms with van der Waals surface area (Å²) in [6.45, 7) is 2.81. The van der Waals surface area contributed by atoms with Gasteiger partial charge in [0.1, 0.15) is 5.76 Å². The standard InChI is InChI=1S/C26H27N7O5S/c1-15-11-21(31-30-15)29-22(34)14-39-26-28-20-12-17(24(36)32-8-6-16(7-9-32)23(27)35)4-5-19(20)25(37)33(26)13-18-3-2-10-38-18/h2-5,10-12,16H,6-9,13-14H2,1H3,(H2,27,35)(H2,29,30,31,34). The van der Waals surface area contributed by atoms with Crippen molar-refractivity contribution in [3.05, 3.63) is 70.0 Å². The van der Waals surface area contributed by atoms with Crippen molar-refractivity contribution in [1.29, 1.82) is 0 Å². The second-order valence-corrected chi connectivity index (χ2v) is 10.3. The smallest absolute Gasteiger partial charge is 0.262 e. The fourth-order valence-electron chi connectivity index (χ4n) is 4.48. The van der Waals surface area contributed by atoms with Crippen LogP contribution in [0.5, 0.6) is 0 Å². The molecule has 0 spiro atoms. The molecule has 1 aliphatic heterocycles. The molecule has 13 heteroatoms. The number of aryl methyl sites for hydroxylation is 1. The number of nitrogens with zero attached hydrogens (tertiary/aromatic N) is 4. The number of fused-ring (bicyclic) bond motifs is 1. The van der Waals surface area contributed by atoms with Crippen molar-refractivity contribution in [2.75, 3.05) is 24.2 Å². The summed E-state index contributed by atoms with van der Waals surface area (Å²) >= 11 is 1.10. The van der Waals surface area contributed by atoms with Crippen LogP contribution in [0.1, 0.15) is 34.7 Å². The Morgan fingerprint density at radius 2 is 2.00 bits per heavy atom. The number of primary amides is 1. The maximum absolute atomic E-state index is 13.5. The summed E-state index contributed by atoms with van der Waals surface area (Å²) < 4.78 is 6.89. The molecule has 0 saturated carbocycles. The van der Waals surface area contributed by atoms with E-state index in [1.807, 2.05) is 6.92 Å². The second kappa shape index (κ2) is 11.2. The van der Waals surface area contributed by atoms with Crippen molar-refractivity contribution < 1.29 is 18.8 Å². The Labute approximate surface area is 226 Å². The number of carbonyl (C=O) groups excluding carboxylic acids is 3. The highest BCUT2D eigenvalue weighted by atomic mass is 32.2. The van der Waals surface area contributed by atoms with Gasteiger partial charge in [0.25, 0.3) is 11.5 Å². The number of nitrogens with two attached hydrogens (primary N) is 1. The number of hydrogen-bond acceptors (Lipinski definition) is 8. The number of likely N-dealkylation sites (tertiary alicyclic amines) is 1. The van der Waals surface area contributed by atoms with Gasteiger partial charge < -0.3 is 20.4 Å². The first-order valence-electron chi connectivity index (χ1n) is 12.4. The number of thioether (sulfide) groups is 1. The summed E-state index contributed by atoms with van der Waals surface area (Å²) in [5, 5.41) is 10.1. The number of nitrogens with one attached hydrogen (secondary N) is 2. The molecule has 0 radical (unpaired) electrons. The van der Waals surface area contributed by atoms with Crippen LogP contribution in [-0.2, 0) is 16.1 Å². The summed E-state index contributed by atoms with van der Waals surface area (Å²) in [6.07, 6.45) is 2.56. The van der Waals surface area contributed by atoms with Crippen molar-refractivity contribution in [2.45, 2.75) is 31.5 Å². The van der Waals surface area contributed by atoms with E-state index in [9.17, 15) is 19.2 Å². The maximum Gasteiger partial charge on any atom is 0.262 e. The zero-order chi connectivity index (χ0) is 27.5. The van der Waals surface area contributed by atoms with E-state index in [1.54, 1.807) is 41.3 Å². The van der Waals surface area contributed by atoms with Crippen molar-refractivity contribution in [1.82, 2.24) is 24.6 Å². The molecular formula is C26H27N7O5S. The second-order valence-electron chi connectivity index (χ2n) is 9.34. The fourth-order valence-corrected chi connectivity index (χ4v) is 5.28. The molecule has 0 atom stereocenters. The van der Waals surface area contributed by atoms with Crippen LogP contribution in [0, 0.1) is 12.8 Å². The molecule has 4 heterocycles. The summed E-state index contributed by atoms with van der Waals surface area (Å²) in [6, 6.07) is 9.97. The largest absolute Gasteiger partial charge is 0.467 e. The minimum absolute atomic E-state index is 0.0184. The van der Waals surface area contributed by atoms with Crippen LogP contribution in [0.15, 0.2) is 57.0 Å². The third kappa shape index (κ3) is 5.87. The van der Waals surface area contributed by atoms with Crippen molar-refractivity contribution in [2.24, 2.45) is 11.7 Å². The number of anilines is 1. The third-order valence-electron chi connectivity index (χ3n) is 6.55. The molecule has 12 nitrogen and oxygen atoms in total. The fraction of sp³-hybridized carbons (Fsp3) is 0.308. The van der Waals surface area contributed by atoms with E-state index in [2.05, 4.69) is 20.5 Å². The molecule has 0 aliphatic carbocycles. The summed E-state index contributed by atoms with van der Waals surface area (Å²) in [7, 11) is 0. The molecule has 4 N–H and O–H groups in total. The van der Waals surface area contributed by atoms with Gasteiger partial charge in [-0.2, -0.15) is 5.10 Å². The van der Waals surface area contributed by atoms with Crippen LogP contribution >= 0.6 is 11.8 Å². The number of hydrogen-bond donors (Lipinski definition) is 3. The molecule has 5 rings (SSSR count). The van der Waals surface area contributed by atoms with E-state index in [4.69, 9.17) is 10.2 Å². The zero-order valence-corrected chi connectivity index (χ0v) is 22.0. The predicted octanol–water partition coefficient (Wildman–Crippen LogP) is 2.14. The molecule has 0 bridgehead atoms. The summed E-state index contributed by atoms with van der Waals surface area (Å²) in [4.78, 5) is 57.1. The van der Waals surface area contributed by atoms with Gasteiger partial charge in [0.15, 0.2) is 11.0 Å². The van der Waals surface area contributed by atoms with E-state index in [0.29, 0.717) is 59.1 Å². The summed E-state index contributed by atoms with van der Waals surface area (Å²) in [5.74, 6) is -0.147. The van der Waals surface area contributed by atoms with Crippen LogP contribution < -0.4 is 16.6 Å². The SMILES string of the molecule is Cc1cc(NC(=O)CSc2nc3cc(C(=O)N4CCC(C(N)=O)CC4)ccc3c(=O)n2Cc2ccco2)n[nH]1. The van der Waals surface area contributed by atoms with Gasteiger partial charge in [-0.1, -0.05) is 11.8 Å². The first-order chi connectivity index (χ1) is 18.8. The normalized spacial score (nSPS) is 14.0. The van der Waals surface area contributed by atoms with Gasteiger partial charge in [0.2, 0.25) is 11.8 Å². The Kier molecular flexibility index (Phi) is 7.50.